The molecule has 3 nitrogen and oxygen atoms in total. The van der Waals surface area contributed by atoms with Crippen molar-refractivity contribution in [2.75, 3.05) is 13.1 Å². The van der Waals surface area contributed by atoms with Gasteiger partial charge >= 0.3 is 0 Å². The first kappa shape index (κ1) is 13.5. The van der Waals surface area contributed by atoms with Crippen LogP contribution in [0.2, 0.25) is 0 Å². The summed E-state index contributed by atoms with van der Waals surface area (Å²) in [5.41, 5.74) is 6.49. The van der Waals surface area contributed by atoms with E-state index in [1.54, 1.807) is 0 Å². The number of hydrogen-bond acceptors (Lipinski definition) is 2. The Morgan fingerprint density at radius 1 is 1.44 bits per heavy atom. The number of carbonyl (C=O) groups excluding carboxylic acids is 1. The number of amides is 1. The summed E-state index contributed by atoms with van der Waals surface area (Å²) in [7, 11) is 0. The molecule has 1 atom stereocenters. The zero-order valence-corrected chi connectivity index (χ0v) is 11.1. The first-order valence-corrected chi connectivity index (χ1v) is 5.77. The maximum atomic E-state index is 12.1. The van der Waals surface area contributed by atoms with Gasteiger partial charge in [-0.05, 0) is 34.5 Å². The van der Waals surface area contributed by atoms with E-state index in [9.17, 15) is 4.79 Å². The second-order valence-corrected chi connectivity index (χ2v) is 4.63. The number of nitrogens with zero attached hydrogens (tertiary/aromatic N) is 1. The van der Waals surface area contributed by atoms with Gasteiger partial charge in [-0.3, -0.25) is 4.79 Å². The normalized spacial score (nSPS) is 19.4. The second-order valence-electron chi connectivity index (χ2n) is 3.78. The highest BCUT2D eigenvalue weighted by Crippen LogP contribution is 2.19. The van der Waals surface area contributed by atoms with Gasteiger partial charge in [0.05, 0.1) is 5.56 Å². The third-order valence-corrected chi connectivity index (χ3v) is 3.31. The third-order valence-electron chi connectivity index (χ3n) is 2.62. The Bertz CT molecular complexity index is 386. The SMILES string of the molecule is Cl.NC1CCN(C(=O)c2ccccc2Br)C1. The second kappa shape index (κ2) is 5.66. The van der Waals surface area contributed by atoms with Crippen LogP contribution in [0.15, 0.2) is 28.7 Å². The predicted octanol–water partition coefficient (Wildman–Crippen LogP) is 2.04. The quantitative estimate of drug-likeness (QED) is 0.863. The number of halogens is 2. The van der Waals surface area contributed by atoms with Crippen molar-refractivity contribution in [1.29, 1.82) is 0 Å². The van der Waals surface area contributed by atoms with Crippen molar-refractivity contribution < 1.29 is 4.79 Å². The zero-order chi connectivity index (χ0) is 10.8. The van der Waals surface area contributed by atoms with Crippen LogP contribution in [0, 0.1) is 0 Å². The number of benzene rings is 1. The highest BCUT2D eigenvalue weighted by molar-refractivity contribution is 9.10. The third kappa shape index (κ3) is 2.75. The van der Waals surface area contributed by atoms with Crippen LogP contribution < -0.4 is 5.73 Å². The van der Waals surface area contributed by atoms with Crippen LogP contribution in [-0.2, 0) is 0 Å². The summed E-state index contributed by atoms with van der Waals surface area (Å²) >= 11 is 3.38. The van der Waals surface area contributed by atoms with E-state index in [1.165, 1.54) is 0 Å². The summed E-state index contributed by atoms with van der Waals surface area (Å²) in [6.07, 6.45) is 0.899. The van der Waals surface area contributed by atoms with E-state index in [0.717, 1.165) is 17.4 Å². The van der Waals surface area contributed by atoms with E-state index >= 15 is 0 Å². The lowest BCUT2D eigenvalue weighted by atomic mass is 10.2. The first-order chi connectivity index (χ1) is 7.18. The molecule has 1 amide bonds. The van der Waals surface area contributed by atoms with Crippen LogP contribution in [0.3, 0.4) is 0 Å². The summed E-state index contributed by atoms with van der Waals surface area (Å²) in [5, 5.41) is 0. The fourth-order valence-corrected chi connectivity index (χ4v) is 2.23. The Balaban J connectivity index is 0.00000128. The number of hydrogen-bond donors (Lipinski definition) is 1. The van der Waals surface area contributed by atoms with Crippen LogP contribution in [0.1, 0.15) is 16.8 Å². The molecule has 2 rings (SSSR count). The molecule has 1 fully saturated rings. The Labute approximate surface area is 110 Å². The Kier molecular flexibility index (Phi) is 4.77. The van der Waals surface area contributed by atoms with Crippen molar-refractivity contribution in [2.45, 2.75) is 12.5 Å². The highest BCUT2D eigenvalue weighted by atomic mass is 79.9. The van der Waals surface area contributed by atoms with E-state index in [1.807, 2.05) is 29.2 Å². The minimum Gasteiger partial charge on any atom is -0.337 e. The van der Waals surface area contributed by atoms with E-state index in [-0.39, 0.29) is 24.4 Å². The molecule has 0 aromatic heterocycles. The van der Waals surface area contributed by atoms with Gasteiger partial charge in [-0.1, -0.05) is 12.1 Å². The monoisotopic (exact) mass is 304 g/mol. The maximum absolute atomic E-state index is 12.1. The van der Waals surface area contributed by atoms with Crippen LogP contribution in [0.25, 0.3) is 0 Å². The lowest BCUT2D eigenvalue weighted by Gasteiger charge is -2.16. The van der Waals surface area contributed by atoms with Crippen molar-refractivity contribution in [3.63, 3.8) is 0 Å². The molecule has 0 saturated carbocycles. The van der Waals surface area contributed by atoms with Gasteiger partial charge in [-0.2, -0.15) is 0 Å². The van der Waals surface area contributed by atoms with Gasteiger partial charge in [0.1, 0.15) is 0 Å². The van der Waals surface area contributed by atoms with Crippen molar-refractivity contribution in [2.24, 2.45) is 5.73 Å². The summed E-state index contributed by atoms with van der Waals surface area (Å²) in [6.45, 7) is 1.43. The average molecular weight is 306 g/mol. The molecule has 1 aliphatic rings. The summed E-state index contributed by atoms with van der Waals surface area (Å²) in [4.78, 5) is 13.9. The molecular formula is C11H14BrClN2O. The average Bonchev–Trinajstić information content (AvgIpc) is 2.65. The van der Waals surface area contributed by atoms with Gasteiger partial charge in [0.15, 0.2) is 0 Å². The summed E-state index contributed by atoms with van der Waals surface area (Å²) < 4.78 is 0.843. The molecule has 16 heavy (non-hydrogen) atoms. The fraction of sp³-hybridized carbons (Fsp3) is 0.364. The molecular weight excluding hydrogens is 291 g/mol. The summed E-state index contributed by atoms with van der Waals surface area (Å²) in [5.74, 6) is 0.0652. The molecule has 1 unspecified atom stereocenters. The van der Waals surface area contributed by atoms with Gasteiger partial charge in [-0.25, -0.2) is 0 Å². The van der Waals surface area contributed by atoms with Crippen LogP contribution in [0.4, 0.5) is 0 Å². The van der Waals surface area contributed by atoms with E-state index in [2.05, 4.69) is 15.9 Å². The standard InChI is InChI=1S/C11H13BrN2O.ClH/c12-10-4-2-1-3-9(10)11(15)14-6-5-8(13)7-14;/h1-4,8H,5-7,13H2;1H. The van der Waals surface area contributed by atoms with Gasteiger partial charge in [-0.15, -0.1) is 12.4 Å². The Morgan fingerprint density at radius 3 is 2.69 bits per heavy atom. The van der Waals surface area contributed by atoms with Crippen LogP contribution in [0.5, 0.6) is 0 Å². The molecule has 0 spiro atoms. The molecule has 88 valence electrons. The Morgan fingerprint density at radius 2 is 2.12 bits per heavy atom. The van der Waals surface area contributed by atoms with Gasteiger partial charge in [0.2, 0.25) is 0 Å². The van der Waals surface area contributed by atoms with Crippen LogP contribution in [-0.4, -0.2) is 29.9 Å². The molecule has 1 aromatic rings. The Hall–Kier alpha value is -0.580. The molecule has 1 heterocycles. The van der Waals surface area contributed by atoms with Crippen molar-refractivity contribution in [3.8, 4) is 0 Å². The molecule has 2 N–H and O–H groups in total. The van der Waals surface area contributed by atoms with Gasteiger partial charge in [0, 0.05) is 23.6 Å². The molecule has 1 aliphatic heterocycles. The molecule has 0 radical (unpaired) electrons. The molecule has 1 saturated heterocycles. The smallest absolute Gasteiger partial charge is 0.255 e. The van der Waals surface area contributed by atoms with E-state index in [4.69, 9.17) is 5.73 Å². The lowest BCUT2D eigenvalue weighted by molar-refractivity contribution is 0.0790. The van der Waals surface area contributed by atoms with Crippen molar-refractivity contribution in [3.05, 3.63) is 34.3 Å². The molecule has 5 heteroatoms. The lowest BCUT2D eigenvalue weighted by Crippen LogP contribution is -2.32. The molecule has 0 bridgehead atoms. The van der Waals surface area contributed by atoms with E-state index < -0.39 is 0 Å². The zero-order valence-electron chi connectivity index (χ0n) is 8.73. The fourth-order valence-electron chi connectivity index (χ4n) is 1.78. The first-order valence-electron chi connectivity index (χ1n) is 4.98. The van der Waals surface area contributed by atoms with Crippen molar-refractivity contribution in [1.82, 2.24) is 4.90 Å². The largest absolute Gasteiger partial charge is 0.337 e. The van der Waals surface area contributed by atoms with Gasteiger partial charge in [0.25, 0.3) is 5.91 Å². The molecule has 1 aromatic carbocycles. The minimum absolute atomic E-state index is 0. The number of likely N-dealkylation sites (tertiary alicyclic amines) is 1. The predicted molar refractivity (Wildman–Crippen MR) is 69.9 cm³/mol. The van der Waals surface area contributed by atoms with Crippen LogP contribution >= 0.6 is 28.3 Å². The topological polar surface area (TPSA) is 46.3 Å². The minimum atomic E-state index is 0. The summed E-state index contributed by atoms with van der Waals surface area (Å²) in [6, 6.07) is 7.61. The molecule has 0 aliphatic carbocycles. The van der Waals surface area contributed by atoms with E-state index in [0.29, 0.717) is 12.1 Å². The number of nitrogens with two attached hydrogens (primary N) is 1. The maximum Gasteiger partial charge on any atom is 0.255 e. The highest BCUT2D eigenvalue weighted by Gasteiger charge is 2.25. The number of rotatable bonds is 1. The van der Waals surface area contributed by atoms with Gasteiger partial charge < -0.3 is 10.6 Å². The number of carbonyl (C=O) groups is 1. The van der Waals surface area contributed by atoms with Crippen molar-refractivity contribution >= 4 is 34.2 Å².